The smallest absolute Gasteiger partial charge is 0.254 e. The third kappa shape index (κ3) is 8.57. The summed E-state index contributed by atoms with van der Waals surface area (Å²) in [5.41, 5.74) is 17.7. The Labute approximate surface area is 223 Å². The second kappa shape index (κ2) is 14.3. The van der Waals surface area contributed by atoms with Crippen molar-refractivity contribution in [2.75, 3.05) is 12.3 Å². The first-order valence-corrected chi connectivity index (χ1v) is 10.9. The van der Waals surface area contributed by atoms with E-state index in [4.69, 9.17) is 69.0 Å². The number of rotatable bonds is 9. The number of amides is 2. The summed E-state index contributed by atoms with van der Waals surface area (Å²) in [6, 6.07) is 6.56. The zero-order valence-electron chi connectivity index (χ0n) is 17.7. The van der Waals surface area contributed by atoms with E-state index in [9.17, 15) is 9.59 Å². The van der Waals surface area contributed by atoms with Crippen molar-refractivity contribution in [1.29, 1.82) is 5.41 Å². The van der Waals surface area contributed by atoms with Crippen LogP contribution >= 0.6 is 58.8 Å². The maximum atomic E-state index is 13.4. The van der Waals surface area contributed by atoms with Gasteiger partial charge in [-0.15, -0.1) is 12.4 Å². The Morgan fingerprint density at radius 2 is 1.59 bits per heavy atom. The van der Waals surface area contributed by atoms with E-state index in [-0.39, 0.29) is 68.1 Å². The van der Waals surface area contributed by atoms with Gasteiger partial charge in [0.15, 0.2) is 5.96 Å². The van der Waals surface area contributed by atoms with Crippen molar-refractivity contribution in [3.05, 3.63) is 61.5 Å². The quantitative estimate of drug-likeness (QED) is 0.133. The number of benzene rings is 2. The molecule has 0 radical (unpaired) electrons. The lowest BCUT2D eigenvalue weighted by atomic mass is 10.0. The Bertz CT molecular complexity index is 1020. The third-order valence-electron chi connectivity index (χ3n) is 4.59. The van der Waals surface area contributed by atoms with Crippen molar-refractivity contribution in [2.24, 2.45) is 11.5 Å². The summed E-state index contributed by atoms with van der Waals surface area (Å²) >= 11 is 24.3. The highest BCUT2D eigenvalue weighted by Gasteiger charge is 2.29. The zero-order chi connectivity index (χ0) is 24.0. The molecule has 0 unspecified atom stereocenters. The molecule has 2 rings (SSSR count). The summed E-state index contributed by atoms with van der Waals surface area (Å²) in [5.74, 6) is -1.39. The summed E-state index contributed by atoms with van der Waals surface area (Å²) in [6.07, 6.45) is 0.640. The number of hydrogen-bond acceptors (Lipinski definition) is 4. The second-order valence-electron chi connectivity index (χ2n) is 6.94. The Morgan fingerprint density at radius 3 is 2.09 bits per heavy atom. The fourth-order valence-electron chi connectivity index (χ4n) is 3.01. The van der Waals surface area contributed by atoms with E-state index >= 15 is 0 Å². The molecule has 10 N–H and O–H groups in total. The fourth-order valence-corrected chi connectivity index (χ4v) is 3.84. The predicted molar refractivity (Wildman–Crippen MR) is 140 cm³/mol. The van der Waals surface area contributed by atoms with Crippen LogP contribution < -0.4 is 22.5 Å². The number of nitrogen functional groups attached to an aromatic ring is 1. The molecule has 2 aromatic carbocycles. The van der Waals surface area contributed by atoms with Crippen LogP contribution in [0.15, 0.2) is 30.3 Å². The van der Waals surface area contributed by atoms with Crippen molar-refractivity contribution in [3.63, 3.8) is 0 Å². The molecule has 34 heavy (non-hydrogen) atoms. The molecule has 0 aliphatic heterocycles. The number of carbonyl (C=O) groups excluding carboxylic acids is 2. The number of nitrogens with two attached hydrogens (primary N) is 3. The SMILES string of the molecule is Cl.N=C(N)NCCC[C@H](C(N)=O)N(Cc1cc(Cl)c(N)c(Cl)c1)C(=O)c1ccc(Cl)c(Cl)c1.O. The van der Waals surface area contributed by atoms with E-state index in [0.29, 0.717) is 18.5 Å². The van der Waals surface area contributed by atoms with Crippen LogP contribution in [-0.2, 0) is 11.3 Å². The minimum Gasteiger partial charge on any atom is -0.412 e. The minimum atomic E-state index is -0.971. The average Bonchev–Trinajstić information content (AvgIpc) is 2.71. The lowest BCUT2D eigenvalue weighted by Crippen LogP contribution is -2.48. The van der Waals surface area contributed by atoms with Gasteiger partial charge in [0.1, 0.15) is 6.04 Å². The van der Waals surface area contributed by atoms with E-state index in [2.05, 4.69) is 5.32 Å². The van der Waals surface area contributed by atoms with Crippen LogP contribution in [-0.4, -0.2) is 40.7 Å². The highest BCUT2D eigenvalue weighted by molar-refractivity contribution is 6.42. The Kier molecular flexibility index (Phi) is 13.4. The van der Waals surface area contributed by atoms with Crippen molar-refractivity contribution < 1.29 is 15.1 Å². The van der Waals surface area contributed by atoms with Crippen LogP contribution in [0.25, 0.3) is 0 Å². The number of hydrogen-bond donors (Lipinski definition) is 5. The van der Waals surface area contributed by atoms with Crippen LogP contribution in [0.3, 0.4) is 0 Å². The summed E-state index contributed by atoms with van der Waals surface area (Å²) < 4.78 is 0. The molecule has 0 aromatic heterocycles. The molecule has 9 nitrogen and oxygen atoms in total. The molecule has 188 valence electrons. The van der Waals surface area contributed by atoms with Gasteiger partial charge in [0, 0.05) is 18.7 Å². The van der Waals surface area contributed by atoms with Crippen molar-refractivity contribution >= 4 is 82.3 Å². The topological polar surface area (TPSA) is 183 Å². The normalized spacial score (nSPS) is 10.9. The molecule has 0 saturated carbocycles. The molecule has 0 fully saturated rings. The van der Waals surface area contributed by atoms with E-state index in [1.807, 2.05) is 0 Å². The lowest BCUT2D eigenvalue weighted by Gasteiger charge is -2.30. The molecule has 14 heteroatoms. The van der Waals surface area contributed by atoms with Gasteiger partial charge in [-0.25, -0.2) is 0 Å². The first-order valence-electron chi connectivity index (χ1n) is 9.38. The molecule has 0 spiro atoms. The Hall–Kier alpha value is -2.14. The van der Waals surface area contributed by atoms with Gasteiger partial charge in [-0.2, -0.15) is 0 Å². The predicted octanol–water partition coefficient (Wildman–Crippen LogP) is 3.24. The monoisotopic (exact) mass is 572 g/mol. The average molecular weight is 575 g/mol. The fraction of sp³-hybridized carbons (Fsp3) is 0.250. The second-order valence-corrected chi connectivity index (χ2v) is 8.56. The number of nitrogens with one attached hydrogen (secondary N) is 2. The largest absolute Gasteiger partial charge is 0.412 e. The standard InChI is InChI=1S/C20H22Cl4N6O2.ClH.H2O/c21-12-4-3-11(8-13(12)22)19(32)30(9-10-6-14(23)17(25)15(24)7-10)16(18(26)31)2-1-5-29-20(27)28;;/h3-4,6-8,16H,1-2,5,9,25H2,(H2,26,31)(H4,27,28,29);1H;1H2/t16-;;/m1../s1. The Morgan fingerprint density at radius 1 is 1.00 bits per heavy atom. The molecule has 2 amide bonds. The summed E-state index contributed by atoms with van der Waals surface area (Å²) in [4.78, 5) is 27.0. The number of nitrogens with zero attached hydrogens (tertiary/aromatic N) is 1. The maximum absolute atomic E-state index is 13.4. The van der Waals surface area contributed by atoms with Crippen LogP contribution in [0.1, 0.15) is 28.8 Å². The summed E-state index contributed by atoms with van der Waals surface area (Å²) in [7, 11) is 0. The highest BCUT2D eigenvalue weighted by atomic mass is 35.5. The number of anilines is 1. The molecule has 0 bridgehead atoms. The van der Waals surface area contributed by atoms with Crippen molar-refractivity contribution in [2.45, 2.75) is 25.4 Å². The van der Waals surface area contributed by atoms with Crippen LogP contribution in [0.2, 0.25) is 20.1 Å². The minimum absolute atomic E-state index is 0. The summed E-state index contributed by atoms with van der Waals surface area (Å²) in [6.45, 7) is 0.306. The first kappa shape index (κ1) is 31.9. The molecular weight excluding hydrogens is 550 g/mol. The number of primary amides is 1. The van der Waals surface area contributed by atoms with Crippen molar-refractivity contribution in [1.82, 2.24) is 10.2 Å². The van der Waals surface area contributed by atoms with E-state index < -0.39 is 17.9 Å². The van der Waals surface area contributed by atoms with Gasteiger partial charge >= 0.3 is 0 Å². The highest BCUT2D eigenvalue weighted by Crippen LogP contribution is 2.30. The van der Waals surface area contributed by atoms with E-state index in [1.54, 1.807) is 12.1 Å². The number of carbonyl (C=O) groups is 2. The number of guanidine groups is 1. The van der Waals surface area contributed by atoms with E-state index in [1.165, 1.54) is 23.1 Å². The van der Waals surface area contributed by atoms with Crippen LogP contribution in [0.4, 0.5) is 5.69 Å². The molecule has 2 aromatic rings. The third-order valence-corrected chi connectivity index (χ3v) is 5.96. The molecular formula is C20H25Cl5N6O3. The van der Waals surface area contributed by atoms with E-state index in [0.717, 1.165) is 0 Å². The molecule has 1 atom stereocenters. The van der Waals surface area contributed by atoms with Gasteiger partial charge < -0.3 is 32.9 Å². The zero-order valence-corrected chi connectivity index (χ0v) is 21.5. The molecule has 0 saturated heterocycles. The van der Waals surface area contributed by atoms with Gasteiger partial charge in [0.05, 0.1) is 25.8 Å². The lowest BCUT2D eigenvalue weighted by molar-refractivity contribution is -0.122. The van der Waals surface area contributed by atoms with Gasteiger partial charge in [-0.05, 0) is 48.7 Å². The van der Waals surface area contributed by atoms with Crippen molar-refractivity contribution in [3.8, 4) is 0 Å². The maximum Gasteiger partial charge on any atom is 0.254 e. The van der Waals surface area contributed by atoms with Gasteiger partial charge in [0.25, 0.3) is 5.91 Å². The molecule has 0 aliphatic carbocycles. The molecule has 0 heterocycles. The van der Waals surface area contributed by atoms with Crippen LogP contribution in [0, 0.1) is 5.41 Å². The van der Waals surface area contributed by atoms with Gasteiger partial charge in [0.2, 0.25) is 5.91 Å². The van der Waals surface area contributed by atoms with Crippen LogP contribution in [0.5, 0.6) is 0 Å². The Balaban J connectivity index is 0.00000544. The molecule has 0 aliphatic rings. The number of halogens is 5. The summed E-state index contributed by atoms with van der Waals surface area (Å²) in [5, 5.41) is 10.8. The first-order chi connectivity index (χ1) is 15.0. The van der Waals surface area contributed by atoms with Gasteiger partial charge in [-0.1, -0.05) is 46.4 Å². The van der Waals surface area contributed by atoms with Gasteiger partial charge in [-0.3, -0.25) is 15.0 Å².